The molecular formula is C14H13N3O4. The number of hydrogen-bond donors (Lipinski definition) is 2. The van der Waals surface area contributed by atoms with E-state index in [2.05, 4.69) is 10.2 Å². The molecule has 0 radical (unpaired) electrons. The van der Waals surface area contributed by atoms with Gasteiger partial charge in [-0.1, -0.05) is 12.1 Å². The van der Waals surface area contributed by atoms with Gasteiger partial charge in [-0.2, -0.15) is 5.10 Å². The van der Waals surface area contributed by atoms with Gasteiger partial charge in [-0.3, -0.25) is 14.8 Å². The summed E-state index contributed by atoms with van der Waals surface area (Å²) in [5, 5.41) is 15.8. The van der Waals surface area contributed by atoms with Gasteiger partial charge >= 0.3 is 5.97 Å². The normalized spacial score (nSPS) is 17.0. The number of carbonyl (C=O) groups excluding carboxylic acids is 1. The Labute approximate surface area is 120 Å². The third-order valence-electron chi connectivity index (χ3n) is 3.22. The number of carboxylic acids is 1. The van der Waals surface area contributed by atoms with E-state index in [1.165, 1.54) is 4.90 Å². The van der Waals surface area contributed by atoms with E-state index in [-0.39, 0.29) is 18.1 Å². The molecule has 2 N–H and O–H groups in total. The summed E-state index contributed by atoms with van der Waals surface area (Å²) >= 11 is 0. The number of carbonyl (C=O) groups is 2. The Kier molecular flexibility index (Phi) is 3.09. The zero-order valence-corrected chi connectivity index (χ0v) is 11.2. The van der Waals surface area contributed by atoms with Crippen LogP contribution in [0.1, 0.15) is 16.2 Å². The van der Waals surface area contributed by atoms with Gasteiger partial charge in [0.25, 0.3) is 5.91 Å². The second kappa shape index (κ2) is 4.93. The predicted octanol–water partition coefficient (Wildman–Crippen LogP) is 1.21. The van der Waals surface area contributed by atoms with Gasteiger partial charge in [0.05, 0.1) is 12.2 Å². The third kappa shape index (κ3) is 2.33. The fraction of sp³-hybridized carbons (Fsp3) is 0.214. The summed E-state index contributed by atoms with van der Waals surface area (Å²) in [5.74, 6) is -1.10. The SMILES string of the molecule is Cc1cc(C(=O)N2CC(C(=O)O)Oc3ccccc32)n[nH]1. The number of H-pyrrole nitrogens is 1. The van der Waals surface area contributed by atoms with Gasteiger partial charge < -0.3 is 9.84 Å². The van der Waals surface area contributed by atoms with Crippen LogP contribution in [0.15, 0.2) is 30.3 Å². The smallest absolute Gasteiger partial charge is 0.346 e. The van der Waals surface area contributed by atoms with Gasteiger partial charge in [-0.25, -0.2) is 4.79 Å². The van der Waals surface area contributed by atoms with Crippen molar-refractivity contribution in [1.82, 2.24) is 10.2 Å². The van der Waals surface area contributed by atoms with Crippen LogP contribution in [0.25, 0.3) is 0 Å². The lowest BCUT2D eigenvalue weighted by Crippen LogP contribution is -2.47. The highest BCUT2D eigenvalue weighted by atomic mass is 16.5. The number of aryl methyl sites for hydroxylation is 1. The second-order valence-corrected chi connectivity index (χ2v) is 4.76. The average molecular weight is 287 g/mol. The fourth-order valence-corrected chi connectivity index (χ4v) is 2.22. The molecule has 1 aliphatic heterocycles. The number of rotatable bonds is 2. The van der Waals surface area contributed by atoms with Crippen molar-refractivity contribution in [2.75, 3.05) is 11.4 Å². The molecule has 1 atom stereocenters. The number of aromatic nitrogens is 2. The average Bonchev–Trinajstić information content (AvgIpc) is 2.92. The van der Waals surface area contributed by atoms with Gasteiger partial charge in [0.1, 0.15) is 5.75 Å². The largest absolute Gasteiger partial charge is 0.478 e. The van der Waals surface area contributed by atoms with Crippen molar-refractivity contribution >= 4 is 17.6 Å². The van der Waals surface area contributed by atoms with Crippen molar-refractivity contribution in [2.45, 2.75) is 13.0 Å². The van der Waals surface area contributed by atoms with Crippen LogP contribution in [-0.4, -0.2) is 39.8 Å². The molecule has 7 nitrogen and oxygen atoms in total. The van der Waals surface area contributed by atoms with Crippen molar-refractivity contribution in [3.63, 3.8) is 0 Å². The van der Waals surface area contributed by atoms with Gasteiger partial charge in [0, 0.05) is 5.69 Å². The maximum atomic E-state index is 12.5. The van der Waals surface area contributed by atoms with Crippen molar-refractivity contribution < 1.29 is 19.4 Å². The summed E-state index contributed by atoms with van der Waals surface area (Å²) in [6, 6.07) is 8.46. The van der Waals surface area contributed by atoms with Crippen LogP contribution in [0.5, 0.6) is 5.75 Å². The Balaban J connectivity index is 2.00. The highest BCUT2D eigenvalue weighted by Crippen LogP contribution is 2.33. The Morgan fingerprint density at radius 1 is 1.43 bits per heavy atom. The molecular weight excluding hydrogens is 274 g/mol. The molecule has 7 heteroatoms. The Morgan fingerprint density at radius 2 is 2.19 bits per heavy atom. The second-order valence-electron chi connectivity index (χ2n) is 4.76. The Hall–Kier alpha value is -2.83. The third-order valence-corrected chi connectivity index (χ3v) is 3.22. The number of para-hydroxylation sites is 2. The van der Waals surface area contributed by atoms with Gasteiger partial charge in [0.2, 0.25) is 6.10 Å². The van der Waals surface area contributed by atoms with E-state index in [1.807, 2.05) is 0 Å². The van der Waals surface area contributed by atoms with Crippen molar-refractivity contribution in [1.29, 1.82) is 0 Å². The Bertz CT molecular complexity index is 710. The van der Waals surface area contributed by atoms with Crippen LogP contribution < -0.4 is 9.64 Å². The molecule has 0 aliphatic carbocycles. The predicted molar refractivity (Wildman–Crippen MR) is 73.5 cm³/mol. The zero-order valence-electron chi connectivity index (χ0n) is 11.2. The first-order valence-electron chi connectivity index (χ1n) is 6.38. The molecule has 0 fully saturated rings. The van der Waals surface area contributed by atoms with E-state index < -0.39 is 12.1 Å². The van der Waals surface area contributed by atoms with E-state index in [1.54, 1.807) is 37.3 Å². The van der Waals surface area contributed by atoms with Gasteiger partial charge in [-0.15, -0.1) is 0 Å². The van der Waals surface area contributed by atoms with Crippen LogP contribution in [0.3, 0.4) is 0 Å². The lowest BCUT2D eigenvalue weighted by molar-refractivity contribution is -0.144. The molecule has 1 aliphatic rings. The first kappa shape index (κ1) is 13.2. The summed E-state index contributed by atoms with van der Waals surface area (Å²) in [4.78, 5) is 25.1. The molecule has 1 aromatic heterocycles. The molecule has 21 heavy (non-hydrogen) atoms. The molecule has 2 aromatic rings. The Morgan fingerprint density at radius 3 is 2.86 bits per heavy atom. The lowest BCUT2D eigenvalue weighted by Gasteiger charge is -2.32. The molecule has 1 amide bonds. The monoisotopic (exact) mass is 287 g/mol. The number of nitrogens with one attached hydrogen (secondary N) is 1. The van der Waals surface area contributed by atoms with E-state index in [0.29, 0.717) is 11.4 Å². The molecule has 0 saturated carbocycles. The first-order valence-corrected chi connectivity index (χ1v) is 6.38. The first-order chi connectivity index (χ1) is 10.1. The summed E-state index contributed by atoms with van der Waals surface area (Å²) in [6.07, 6.45) is -1.09. The number of ether oxygens (including phenoxy) is 1. The summed E-state index contributed by atoms with van der Waals surface area (Å²) < 4.78 is 5.39. The summed E-state index contributed by atoms with van der Waals surface area (Å²) in [7, 11) is 0. The maximum Gasteiger partial charge on any atom is 0.346 e. The van der Waals surface area contributed by atoms with Gasteiger partial charge in [-0.05, 0) is 25.1 Å². The van der Waals surface area contributed by atoms with Crippen molar-refractivity contribution in [3.05, 3.63) is 41.7 Å². The van der Waals surface area contributed by atoms with E-state index >= 15 is 0 Å². The highest BCUT2D eigenvalue weighted by molar-refractivity contribution is 6.06. The number of anilines is 1. The fourth-order valence-electron chi connectivity index (χ4n) is 2.22. The van der Waals surface area contributed by atoms with Crippen LogP contribution in [0.4, 0.5) is 5.69 Å². The minimum Gasteiger partial charge on any atom is -0.478 e. The highest BCUT2D eigenvalue weighted by Gasteiger charge is 2.34. The summed E-state index contributed by atoms with van der Waals surface area (Å²) in [5.41, 5.74) is 1.55. The molecule has 2 heterocycles. The molecule has 1 unspecified atom stereocenters. The number of fused-ring (bicyclic) bond motifs is 1. The number of benzene rings is 1. The van der Waals surface area contributed by atoms with Crippen LogP contribution in [-0.2, 0) is 4.79 Å². The zero-order chi connectivity index (χ0) is 15.0. The molecule has 1 aromatic carbocycles. The molecule has 108 valence electrons. The minimum absolute atomic E-state index is 0.0584. The topological polar surface area (TPSA) is 95.5 Å². The minimum atomic E-state index is -1.11. The van der Waals surface area contributed by atoms with Crippen molar-refractivity contribution in [3.8, 4) is 5.75 Å². The van der Waals surface area contributed by atoms with Crippen molar-refractivity contribution in [2.24, 2.45) is 0 Å². The van der Waals surface area contributed by atoms with E-state index in [4.69, 9.17) is 9.84 Å². The number of aromatic amines is 1. The number of nitrogens with zero attached hydrogens (tertiary/aromatic N) is 2. The number of hydrogen-bond acceptors (Lipinski definition) is 4. The molecule has 0 spiro atoms. The number of aliphatic carboxylic acids is 1. The van der Waals surface area contributed by atoms with Gasteiger partial charge in [0.15, 0.2) is 5.69 Å². The lowest BCUT2D eigenvalue weighted by atomic mass is 10.1. The quantitative estimate of drug-likeness (QED) is 0.865. The van der Waals surface area contributed by atoms with Crippen LogP contribution >= 0.6 is 0 Å². The van der Waals surface area contributed by atoms with Crippen LogP contribution in [0, 0.1) is 6.92 Å². The summed E-state index contributed by atoms with van der Waals surface area (Å²) in [6.45, 7) is 1.73. The number of amides is 1. The molecule has 0 bridgehead atoms. The number of carboxylic acid groups (broad SMARTS) is 1. The van der Waals surface area contributed by atoms with E-state index in [9.17, 15) is 9.59 Å². The standard InChI is InChI=1S/C14H13N3O4/c1-8-6-9(16-15-8)13(18)17-7-12(14(19)20)21-11-5-3-2-4-10(11)17/h2-6,12H,7H2,1H3,(H,15,16)(H,19,20). The molecule has 3 rings (SSSR count). The van der Waals surface area contributed by atoms with E-state index in [0.717, 1.165) is 5.69 Å². The van der Waals surface area contributed by atoms with Crippen LogP contribution in [0.2, 0.25) is 0 Å². The molecule has 0 saturated heterocycles. The maximum absolute atomic E-state index is 12.5.